The third-order valence-corrected chi connectivity index (χ3v) is 4.71. The average molecular weight is 351 g/mol. The van der Waals surface area contributed by atoms with Crippen LogP contribution in [0.4, 0.5) is 10.2 Å². The molecule has 0 radical (unpaired) electrons. The Morgan fingerprint density at radius 1 is 1.27 bits per heavy atom. The molecule has 2 N–H and O–H groups in total. The minimum absolute atomic E-state index is 0.0603. The molecular formula is C19H18FN5O. The summed E-state index contributed by atoms with van der Waals surface area (Å²) in [5.41, 5.74) is 2.87. The van der Waals surface area contributed by atoms with Gasteiger partial charge in [0.25, 0.3) is 0 Å². The predicted molar refractivity (Wildman–Crippen MR) is 96.6 cm³/mol. The maximum Gasteiger partial charge on any atom is 0.225 e. The summed E-state index contributed by atoms with van der Waals surface area (Å²) in [5, 5.41) is 10.2. The second-order valence-electron chi connectivity index (χ2n) is 6.48. The zero-order valence-corrected chi connectivity index (χ0v) is 14.1. The van der Waals surface area contributed by atoms with E-state index in [0.29, 0.717) is 29.2 Å². The molecule has 2 aromatic heterocycles. The number of benzene rings is 1. The number of anilines is 1. The largest absolute Gasteiger partial charge is 0.310 e. The molecule has 0 fully saturated rings. The van der Waals surface area contributed by atoms with Crippen molar-refractivity contribution in [3.8, 4) is 0 Å². The molecule has 132 valence electrons. The number of carbonyl (C=O) groups is 1. The predicted octanol–water partition coefficient (Wildman–Crippen LogP) is 3.70. The summed E-state index contributed by atoms with van der Waals surface area (Å²) in [4.78, 5) is 20.6. The molecule has 0 saturated heterocycles. The number of H-pyrrole nitrogens is 1. The molecule has 1 amide bonds. The molecule has 4 rings (SSSR count). The van der Waals surface area contributed by atoms with Gasteiger partial charge in [-0.3, -0.25) is 9.89 Å². The first kappa shape index (κ1) is 16.4. The Morgan fingerprint density at radius 2 is 2.12 bits per heavy atom. The minimum Gasteiger partial charge on any atom is -0.310 e. The summed E-state index contributed by atoms with van der Waals surface area (Å²) in [7, 11) is 0. The van der Waals surface area contributed by atoms with Gasteiger partial charge in [0.1, 0.15) is 18.0 Å². The maximum atomic E-state index is 13.0. The summed E-state index contributed by atoms with van der Waals surface area (Å²) in [6.45, 7) is 0. The van der Waals surface area contributed by atoms with Gasteiger partial charge in [-0.05, 0) is 48.4 Å². The lowest BCUT2D eigenvalue weighted by molar-refractivity contribution is -0.117. The molecule has 1 unspecified atom stereocenters. The molecular weight excluding hydrogens is 333 g/mol. The molecule has 1 atom stereocenters. The van der Waals surface area contributed by atoms with E-state index in [4.69, 9.17) is 0 Å². The molecule has 1 aliphatic rings. The zero-order valence-electron chi connectivity index (χ0n) is 14.1. The Hall–Kier alpha value is -3.09. The number of halogens is 1. The first-order valence-corrected chi connectivity index (χ1v) is 8.58. The van der Waals surface area contributed by atoms with Gasteiger partial charge < -0.3 is 5.32 Å². The number of aromatic amines is 1. The Labute approximate surface area is 149 Å². The standard InChI is InChI=1S/C19H18FN5O/c20-15-7-5-14(6-8-15)13-3-1-12(2-4-13)9-17(26)24-18-16-10-23-25-19(16)22-11-21-18/h3,5-8,10-12H,1-2,4,9H2,(H2,21,22,23,24,25,26). The second-order valence-corrected chi connectivity index (χ2v) is 6.48. The van der Waals surface area contributed by atoms with Crippen LogP contribution < -0.4 is 5.32 Å². The fraction of sp³-hybridized carbons (Fsp3) is 0.263. The molecule has 7 heteroatoms. The fourth-order valence-corrected chi connectivity index (χ4v) is 3.31. The third kappa shape index (κ3) is 3.46. The van der Waals surface area contributed by atoms with E-state index in [2.05, 4.69) is 31.6 Å². The van der Waals surface area contributed by atoms with Crippen LogP contribution in [0.3, 0.4) is 0 Å². The van der Waals surface area contributed by atoms with E-state index in [1.54, 1.807) is 18.3 Å². The molecule has 1 aromatic carbocycles. The van der Waals surface area contributed by atoms with E-state index in [9.17, 15) is 9.18 Å². The number of rotatable bonds is 4. The van der Waals surface area contributed by atoms with Crippen molar-refractivity contribution < 1.29 is 9.18 Å². The van der Waals surface area contributed by atoms with Crippen LogP contribution in [0.5, 0.6) is 0 Å². The summed E-state index contributed by atoms with van der Waals surface area (Å²) in [5.74, 6) is 0.485. The number of aromatic nitrogens is 4. The van der Waals surface area contributed by atoms with E-state index in [1.165, 1.54) is 24.0 Å². The first-order valence-electron chi connectivity index (χ1n) is 8.58. The Kier molecular flexibility index (Phi) is 4.43. The van der Waals surface area contributed by atoms with Crippen LogP contribution in [0, 0.1) is 11.7 Å². The molecule has 1 aliphatic carbocycles. The van der Waals surface area contributed by atoms with Gasteiger partial charge >= 0.3 is 0 Å². The van der Waals surface area contributed by atoms with Gasteiger partial charge in [0.05, 0.1) is 11.6 Å². The molecule has 3 aromatic rings. The number of carbonyl (C=O) groups excluding carboxylic acids is 1. The van der Waals surface area contributed by atoms with Crippen LogP contribution in [-0.2, 0) is 4.79 Å². The van der Waals surface area contributed by atoms with Crippen molar-refractivity contribution >= 4 is 28.3 Å². The van der Waals surface area contributed by atoms with Crippen molar-refractivity contribution in [2.24, 2.45) is 5.92 Å². The summed E-state index contributed by atoms with van der Waals surface area (Å²) in [6.07, 6.45) is 8.26. The number of fused-ring (bicyclic) bond motifs is 1. The van der Waals surface area contributed by atoms with Gasteiger partial charge in [0.15, 0.2) is 5.65 Å². The number of amides is 1. The van der Waals surface area contributed by atoms with E-state index in [0.717, 1.165) is 24.8 Å². The number of nitrogens with one attached hydrogen (secondary N) is 2. The molecule has 0 aliphatic heterocycles. The maximum absolute atomic E-state index is 13.0. The van der Waals surface area contributed by atoms with Gasteiger partial charge in [0, 0.05) is 6.42 Å². The van der Waals surface area contributed by atoms with Crippen LogP contribution in [-0.4, -0.2) is 26.1 Å². The van der Waals surface area contributed by atoms with Crippen molar-refractivity contribution in [1.82, 2.24) is 20.2 Å². The van der Waals surface area contributed by atoms with Gasteiger partial charge in [0.2, 0.25) is 5.91 Å². The number of hydrogen-bond acceptors (Lipinski definition) is 4. The lowest BCUT2D eigenvalue weighted by Crippen LogP contribution is -2.18. The van der Waals surface area contributed by atoms with Crippen molar-refractivity contribution in [3.63, 3.8) is 0 Å². The van der Waals surface area contributed by atoms with Crippen LogP contribution in [0.2, 0.25) is 0 Å². The van der Waals surface area contributed by atoms with E-state index < -0.39 is 0 Å². The molecule has 6 nitrogen and oxygen atoms in total. The highest BCUT2D eigenvalue weighted by molar-refractivity contribution is 5.97. The lowest BCUT2D eigenvalue weighted by atomic mass is 9.85. The van der Waals surface area contributed by atoms with Crippen molar-refractivity contribution in [1.29, 1.82) is 0 Å². The van der Waals surface area contributed by atoms with Crippen molar-refractivity contribution in [3.05, 3.63) is 54.2 Å². The van der Waals surface area contributed by atoms with Crippen LogP contribution in [0.1, 0.15) is 31.2 Å². The smallest absolute Gasteiger partial charge is 0.225 e. The highest BCUT2D eigenvalue weighted by Crippen LogP contribution is 2.32. The lowest BCUT2D eigenvalue weighted by Gasteiger charge is -2.21. The summed E-state index contributed by atoms with van der Waals surface area (Å²) in [6, 6.07) is 6.57. The SMILES string of the molecule is O=C(CC1CC=C(c2ccc(F)cc2)CC1)Nc1ncnc2[nH]ncc12. The fourth-order valence-electron chi connectivity index (χ4n) is 3.31. The Balaban J connectivity index is 1.37. The van der Waals surface area contributed by atoms with Gasteiger partial charge in [-0.1, -0.05) is 18.2 Å². The number of hydrogen-bond donors (Lipinski definition) is 2. The molecule has 26 heavy (non-hydrogen) atoms. The van der Waals surface area contributed by atoms with E-state index >= 15 is 0 Å². The van der Waals surface area contributed by atoms with E-state index in [-0.39, 0.29) is 11.7 Å². The molecule has 0 spiro atoms. The highest BCUT2D eigenvalue weighted by atomic mass is 19.1. The zero-order chi connectivity index (χ0) is 17.9. The third-order valence-electron chi connectivity index (χ3n) is 4.71. The highest BCUT2D eigenvalue weighted by Gasteiger charge is 2.19. The van der Waals surface area contributed by atoms with Crippen molar-refractivity contribution in [2.75, 3.05) is 5.32 Å². The van der Waals surface area contributed by atoms with Crippen molar-refractivity contribution in [2.45, 2.75) is 25.7 Å². The van der Waals surface area contributed by atoms with Gasteiger partial charge in [-0.25, -0.2) is 14.4 Å². The monoisotopic (exact) mass is 351 g/mol. The first-order chi connectivity index (χ1) is 12.7. The van der Waals surface area contributed by atoms with Crippen LogP contribution in [0.25, 0.3) is 16.6 Å². The van der Waals surface area contributed by atoms with E-state index in [1.807, 2.05) is 0 Å². The number of nitrogens with zero attached hydrogens (tertiary/aromatic N) is 3. The average Bonchev–Trinajstić information content (AvgIpc) is 3.13. The van der Waals surface area contributed by atoms with Gasteiger partial charge in [-0.2, -0.15) is 5.10 Å². The quantitative estimate of drug-likeness (QED) is 0.751. The Bertz CT molecular complexity index is 963. The molecule has 0 bridgehead atoms. The second kappa shape index (κ2) is 7.03. The van der Waals surface area contributed by atoms with Crippen LogP contribution >= 0.6 is 0 Å². The minimum atomic E-state index is -0.226. The van der Waals surface area contributed by atoms with Crippen LogP contribution in [0.15, 0.2) is 42.9 Å². The molecule has 2 heterocycles. The summed E-state index contributed by atoms with van der Waals surface area (Å²) >= 11 is 0. The number of allylic oxidation sites excluding steroid dienone is 2. The summed E-state index contributed by atoms with van der Waals surface area (Å²) < 4.78 is 13.0. The van der Waals surface area contributed by atoms with Gasteiger partial charge in [-0.15, -0.1) is 0 Å². The topological polar surface area (TPSA) is 83.6 Å². The normalized spacial score (nSPS) is 17.1. The molecule has 0 saturated carbocycles. The Morgan fingerprint density at radius 3 is 2.88 bits per heavy atom.